The Morgan fingerprint density at radius 1 is 0.970 bits per heavy atom. The number of hydrogen-bond acceptors (Lipinski definition) is 2. The molecular formula is C26H23ClFN3O2. The van der Waals surface area contributed by atoms with Crippen LogP contribution in [-0.2, 0) is 11.2 Å². The Labute approximate surface area is 196 Å². The maximum atomic E-state index is 13.3. The number of aromatic amines is 1. The van der Waals surface area contributed by atoms with E-state index in [9.17, 15) is 14.0 Å². The molecule has 4 rings (SSSR count). The number of carbonyl (C=O) groups excluding carboxylic acids is 2. The molecule has 7 heteroatoms. The van der Waals surface area contributed by atoms with Crippen LogP contribution >= 0.6 is 11.6 Å². The Kier molecular flexibility index (Phi) is 6.75. The average molecular weight is 464 g/mol. The van der Waals surface area contributed by atoms with Gasteiger partial charge in [0.05, 0.1) is 16.6 Å². The van der Waals surface area contributed by atoms with Gasteiger partial charge in [-0.05, 0) is 48.4 Å². The van der Waals surface area contributed by atoms with Gasteiger partial charge in [-0.15, -0.1) is 0 Å². The SMILES string of the molecule is C[C@@H](NC(=O)[C@H](Cc1c[nH]c2ccccc12)NC(=O)c1ccccc1Cl)c1ccc(F)cc1. The number of para-hydroxylation sites is 1. The fraction of sp³-hybridized carbons (Fsp3) is 0.154. The lowest BCUT2D eigenvalue weighted by Crippen LogP contribution is -2.48. The molecule has 33 heavy (non-hydrogen) atoms. The molecule has 0 saturated heterocycles. The van der Waals surface area contributed by atoms with Gasteiger partial charge in [-0.1, -0.05) is 54.1 Å². The van der Waals surface area contributed by atoms with Crippen LogP contribution in [0, 0.1) is 5.82 Å². The first-order chi connectivity index (χ1) is 15.9. The normalized spacial score (nSPS) is 12.8. The van der Waals surface area contributed by atoms with E-state index in [1.807, 2.05) is 37.4 Å². The summed E-state index contributed by atoms with van der Waals surface area (Å²) < 4.78 is 13.3. The minimum Gasteiger partial charge on any atom is -0.361 e. The predicted octanol–water partition coefficient (Wildman–Crippen LogP) is 5.18. The Morgan fingerprint density at radius 3 is 2.42 bits per heavy atom. The Balaban J connectivity index is 1.58. The summed E-state index contributed by atoms with van der Waals surface area (Å²) >= 11 is 6.18. The zero-order chi connectivity index (χ0) is 23.4. The number of hydrogen-bond donors (Lipinski definition) is 3. The molecule has 0 aliphatic carbocycles. The van der Waals surface area contributed by atoms with Gasteiger partial charge in [0.1, 0.15) is 11.9 Å². The van der Waals surface area contributed by atoms with E-state index in [4.69, 9.17) is 11.6 Å². The number of rotatable bonds is 7. The maximum absolute atomic E-state index is 13.3. The molecule has 0 unspecified atom stereocenters. The average Bonchev–Trinajstić information content (AvgIpc) is 3.22. The highest BCUT2D eigenvalue weighted by Crippen LogP contribution is 2.21. The van der Waals surface area contributed by atoms with Gasteiger partial charge in [0.25, 0.3) is 5.91 Å². The minimum atomic E-state index is -0.851. The lowest BCUT2D eigenvalue weighted by molar-refractivity contribution is -0.123. The van der Waals surface area contributed by atoms with Gasteiger partial charge in [0.2, 0.25) is 5.91 Å². The highest BCUT2D eigenvalue weighted by atomic mass is 35.5. The molecule has 0 saturated carbocycles. The number of nitrogens with one attached hydrogen (secondary N) is 3. The molecule has 3 N–H and O–H groups in total. The molecule has 2 atom stereocenters. The molecule has 3 aromatic carbocycles. The molecule has 4 aromatic rings. The molecule has 0 bridgehead atoms. The summed E-state index contributed by atoms with van der Waals surface area (Å²) in [6.07, 6.45) is 2.12. The standard InChI is InChI=1S/C26H23ClFN3O2/c1-16(17-10-12-19(28)13-11-17)30-26(33)24(31-25(32)21-7-2-4-8-22(21)27)14-18-15-29-23-9-5-3-6-20(18)23/h2-13,15-16,24,29H,14H2,1H3,(H,30,33)(H,31,32)/t16-,24+/m1/s1. The summed E-state index contributed by atoms with van der Waals surface area (Å²) in [4.78, 5) is 29.4. The van der Waals surface area contributed by atoms with Crippen LogP contribution in [0.4, 0.5) is 4.39 Å². The molecular weight excluding hydrogens is 441 g/mol. The number of fused-ring (bicyclic) bond motifs is 1. The van der Waals surface area contributed by atoms with E-state index in [2.05, 4.69) is 15.6 Å². The molecule has 0 fully saturated rings. The molecule has 0 aliphatic rings. The summed E-state index contributed by atoms with van der Waals surface area (Å²) in [6.45, 7) is 1.81. The van der Waals surface area contributed by atoms with E-state index in [1.165, 1.54) is 12.1 Å². The monoisotopic (exact) mass is 463 g/mol. The fourth-order valence-corrected chi connectivity index (χ4v) is 3.98. The minimum absolute atomic E-state index is 0.280. The molecule has 5 nitrogen and oxygen atoms in total. The second-order valence-corrected chi connectivity index (χ2v) is 8.26. The quantitative estimate of drug-likeness (QED) is 0.353. The van der Waals surface area contributed by atoms with Crippen LogP contribution in [0.25, 0.3) is 10.9 Å². The van der Waals surface area contributed by atoms with Crippen molar-refractivity contribution in [2.45, 2.75) is 25.4 Å². The van der Waals surface area contributed by atoms with Gasteiger partial charge in [0.15, 0.2) is 0 Å². The maximum Gasteiger partial charge on any atom is 0.253 e. The highest BCUT2D eigenvalue weighted by Gasteiger charge is 2.25. The molecule has 1 heterocycles. The van der Waals surface area contributed by atoms with Gasteiger partial charge in [-0.25, -0.2) is 4.39 Å². The highest BCUT2D eigenvalue weighted by molar-refractivity contribution is 6.33. The Hall–Kier alpha value is -3.64. The summed E-state index contributed by atoms with van der Waals surface area (Å²) in [6, 6.07) is 19.2. The van der Waals surface area contributed by atoms with Crippen LogP contribution in [0.5, 0.6) is 0 Å². The summed E-state index contributed by atoms with van der Waals surface area (Å²) in [5.74, 6) is -1.13. The van der Waals surface area contributed by atoms with E-state index in [-0.39, 0.29) is 24.2 Å². The molecule has 0 radical (unpaired) electrons. The van der Waals surface area contributed by atoms with Crippen molar-refractivity contribution in [3.8, 4) is 0 Å². The molecule has 0 aliphatic heterocycles. The van der Waals surface area contributed by atoms with Gasteiger partial charge >= 0.3 is 0 Å². The van der Waals surface area contributed by atoms with Crippen molar-refractivity contribution < 1.29 is 14.0 Å². The van der Waals surface area contributed by atoms with Crippen molar-refractivity contribution in [3.05, 3.63) is 107 Å². The lowest BCUT2D eigenvalue weighted by Gasteiger charge is -2.22. The topological polar surface area (TPSA) is 74.0 Å². The van der Waals surface area contributed by atoms with Crippen molar-refractivity contribution in [1.82, 2.24) is 15.6 Å². The predicted molar refractivity (Wildman–Crippen MR) is 128 cm³/mol. The number of carbonyl (C=O) groups is 2. The first-order valence-electron chi connectivity index (χ1n) is 10.6. The Morgan fingerprint density at radius 2 is 1.67 bits per heavy atom. The zero-order valence-electron chi connectivity index (χ0n) is 17.9. The third kappa shape index (κ3) is 5.23. The summed E-state index contributed by atoms with van der Waals surface area (Å²) in [5, 5.41) is 7.05. The second kappa shape index (κ2) is 9.88. The molecule has 1 aromatic heterocycles. The smallest absolute Gasteiger partial charge is 0.253 e. The van der Waals surface area contributed by atoms with Crippen molar-refractivity contribution in [1.29, 1.82) is 0 Å². The third-order valence-electron chi connectivity index (χ3n) is 5.57. The van der Waals surface area contributed by atoms with Crippen LogP contribution < -0.4 is 10.6 Å². The van der Waals surface area contributed by atoms with Crippen LogP contribution in [0.2, 0.25) is 5.02 Å². The number of aromatic nitrogens is 1. The van der Waals surface area contributed by atoms with E-state index in [0.717, 1.165) is 22.0 Å². The van der Waals surface area contributed by atoms with Crippen LogP contribution in [0.3, 0.4) is 0 Å². The number of amides is 2. The van der Waals surface area contributed by atoms with Crippen LogP contribution in [-0.4, -0.2) is 22.8 Å². The molecule has 168 valence electrons. The molecule has 2 amide bonds. The first kappa shape index (κ1) is 22.6. The first-order valence-corrected chi connectivity index (χ1v) is 11.0. The third-order valence-corrected chi connectivity index (χ3v) is 5.90. The largest absolute Gasteiger partial charge is 0.361 e. The number of halogens is 2. The van der Waals surface area contributed by atoms with Crippen molar-refractivity contribution in [2.75, 3.05) is 0 Å². The summed E-state index contributed by atoms with van der Waals surface area (Å²) in [5.41, 5.74) is 2.90. The number of H-pyrrole nitrogens is 1. The van der Waals surface area contributed by atoms with Crippen molar-refractivity contribution >= 4 is 34.3 Å². The van der Waals surface area contributed by atoms with Gasteiger partial charge < -0.3 is 15.6 Å². The van der Waals surface area contributed by atoms with Gasteiger partial charge in [-0.2, -0.15) is 0 Å². The van der Waals surface area contributed by atoms with Crippen molar-refractivity contribution in [2.24, 2.45) is 0 Å². The van der Waals surface area contributed by atoms with Gasteiger partial charge in [-0.3, -0.25) is 9.59 Å². The van der Waals surface area contributed by atoms with Crippen LogP contribution in [0.15, 0.2) is 79.0 Å². The second-order valence-electron chi connectivity index (χ2n) is 7.85. The van der Waals surface area contributed by atoms with E-state index in [0.29, 0.717) is 10.6 Å². The van der Waals surface area contributed by atoms with Crippen molar-refractivity contribution in [3.63, 3.8) is 0 Å². The number of benzene rings is 3. The Bertz CT molecular complexity index is 1290. The van der Waals surface area contributed by atoms with Crippen LogP contribution in [0.1, 0.15) is 34.5 Å². The fourth-order valence-electron chi connectivity index (χ4n) is 3.76. The van der Waals surface area contributed by atoms with E-state index >= 15 is 0 Å². The lowest BCUT2D eigenvalue weighted by atomic mass is 10.0. The molecule has 0 spiro atoms. The zero-order valence-corrected chi connectivity index (χ0v) is 18.7. The van der Waals surface area contributed by atoms with E-state index in [1.54, 1.807) is 36.4 Å². The van der Waals surface area contributed by atoms with E-state index < -0.39 is 11.9 Å². The summed E-state index contributed by atoms with van der Waals surface area (Å²) in [7, 11) is 0. The van der Waals surface area contributed by atoms with Gasteiger partial charge in [0, 0.05) is 23.5 Å².